The fourth-order valence-electron chi connectivity index (χ4n) is 3.71. The molecule has 2 aromatic carbocycles. The molecule has 0 radical (unpaired) electrons. The summed E-state index contributed by atoms with van der Waals surface area (Å²) in [4.78, 5) is 19.1. The molecule has 0 saturated carbocycles. The van der Waals surface area contributed by atoms with Crippen molar-refractivity contribution in [2.75, 3.05) is 18.4 Å². The summed E-state index contributed by atoms with van der Waals surface area (Å²) in [5, 5.41) is 7.81. The number of nitrogens with zero attached hydrogens (tertiary/aromatic N) is 3. The highest BCUT2D eigenvalue weighted by Gasteiger charge is 2.18. The third-order valence-electron chi connectivity index (χ3n) is 5.55. The molecule has 0 fully saturated rings. The summed E-state index contributed by atoms with van der Waals surface area (Å²) in [5.41, 5.74) is 4.34. The second-order valence-corrected chi connectivity index (χ2v) is 8.39. The van der Waals surface area contributed by atoms with Crippen LogP contribution < -0.4 is 5.32 Å². The first-order chi connectivity index (χ1) is 15.6. The molecule has 0 saturated heterocycles. The SMILES string of the molecule is CCc1cccc(NC(=O)CCc2nc(C3=CCN(Cc4ccc(Cl)cc4)CC3)no2)c1. The van der Waals surface area contributed by atoms with Crippen LogP contribution in [0.5, 0.6) is 0 Å². The second-order valence-electron chi connectivity index (χ2n) is 7.95. The maximum Gasteiger partial charge on any atom is 0.227 e. The van der Waals surface area contributed by atoms with Crippen molar-refractivity contribution >= 4 is 28.8 Å². The fourth-order valence-corrected chi connectivity index (χ4v) is 3.83. The van der Waals surface area contributed by atoms with Crippen LogP contribution in [0, 0.1) is 0 Å². The van der Waals surface area contributed by atoms with Gasteiger partial charge in [-0.15, -0.1) is 0 Å². The normalized spacial score (nSPS) is 14.2. The standard InChI is InChI=1S/C25H27ClN4O2/c1-2-18-4-3-5-22(16-18)27-23(31)10-11-24-28-25(29-32-24)20-12-14-30(15-13-20)17-19-6-8-21(26)9-7-19/h3-9,12,16H,2,10-11,13-15,17H2,1H3,(H,27,31). The molecule has 3 aromatic rings. The molecule has 2 heterocycles. The average Bonchev–Trinajstić information content (AvgIpc) is 3.29. The Morgan fingerprint density at radius 2 is 2.03 bits per heavy atom. The Labute approximate surface area is 193 Å². The van der Waals surface area contributed by atoms with E-state index in [4.69, 9.17) is 16.1 Å². The van der Waals surface area contributed by atoms with E-state index in [1.807, 2.05) is 36.4 Å². The van der Waals surface area contributed by atoms with Crippen molar-refractivity contribution in [1.82, 2.24) is 15.0 Å². The van der Waals surface area contributed by atoms with Gasteiger partial charge in [0, 0.05) is 43.2 Å². The Morgan fingerprint density at radius 3 is 2.78 bits per heavy atom. The molecule has 1 N–H and O–H groups in total. The molecular formula is C25H27ClN4O2. The minimum Gasteiger partial charge on any atom is -0.339 e. The van der Waals surface area contributed by atoms with E-state index in [1.165, 1.54) is 11.1 Å². The van der Waals surface area contributed by atoms with Gasteiger partial charge in [0.1, 0.15) is 0 Å². The van der Waals surface area contributed by atoms with E-state index >= 15 is 0 Å². The van der Waals surface area contributed by atoms with Crippen molar-refractivity contribution in [3.05, 3.63) is 82.5 Å². The van der Waals surface area contributed by atoms with E-state index in [-0.39, 0.29) is 5.91 Å². The summed E-state index contributed by atoms with van der Waals surface area (Å²) in [6, 6.07) is 15.9. The molecule has 4 rings (SSSR count). The molecule has 1 amide bonds. The number of carbonyl (C=O) groups excluding carboxylic acids is 1. The lowest BCUT2D eigenvalue weighted by Crippen LogP contribution is -2.28. The van der Waals surface area contributed by atoms with Gasteiger partial charge in [0.15, 0.2) is 5.82 Å². The van der Waals surface area contributed by atoms with Crippen LogP contribution in [0.1, 0.15) is 42.6 Å². The number of anilines is 1. The van der Waals surface area contributed by atoms with Gasteiger partial charge in [-0.3, -0.25) is 9.69 Å². The van der Waals surface area contributed by atoms with Gasteiger partial charge in [-0.2, -0.15) is 4.98 Å². The third kappa shape index (κ3) is 6.05. The molecular weight excluding hydrogens is 424 g/mol. The summed E-state index contributed by atoms with van der Waals surface area (Å²) < 4.78 is 5.38. The van der Waals surface area contributed by atoms with E-state index in [1.54, 1.807) is 0 Å². The Hall–Kier alpha value is -2.96. The molecule has 0 atom stereocenters. The van der Waals surface area contributed by atoms with Crippen LogP contribution in [0.3, 0.4) is 0 Å². The highest BCUT2D eigenvalue weighted by atomic mass is 35.5. The predicted octanol–water partition coefficient (Wildman–Crippen LogP) is 5.15. The van der Waals surface area contributed by atoms with Crippen molar-refractivity contribution in [2.45, 2.75) is 39.2 Å². The zero-order chi connectivity index (χ0) is 22.3. The molecule has 0 spiro atoms. The lowest BCUT2D eigenvalue weighted by molar-refractivity contribution is -0.116. The van der Waals surface area contributed by atoms with Gasteiger partial charge in [-0.05, 0) is 53.8 Å². The summed E-state index contributed by atoms with van der Waals surface area (Å²) in [7, 11) is 0. The highest BCUT2D eigenvalue weighted by molar-refractivity contribution is 6.30. The minimum absolute atomic E-state index is 0.0623. The molecule has 32 heavy (non-hydrogen) atoms. The lowest BCUT2D eigenvalue weighted by atomic mass is 10.1. The maximum absolute atomic E-state index is 12.3. The first-order valence-corrected chi connectivity index (χ1v) is 11.3. The number of rotatable bonds is 8. The summed E-state index contributed by atoms with van der Waals surface area (Å²) >= 11 is 5.96. The maximum atomic E-state index is 12.3. The Morgan fingerprint density at radius 1 is 1.19 bits per heavy atom. The van der Waals surface area contributed by atoms with Crippen molar-refractivity contribution in [3.63, 3.8) is 0 Å². The van der Waals surface area contributed by atoms with Gasteiger partial charge in [-0.1, -0.05) is 54.0 Å². The van der Waals surface area contributed by atoms with Crippen molar-refractivity contribution in [1.29, 1.82) is 0 Å². The largest absolute Gasteiger partial charge is 0.339 e. The first-order valence-electron chi connectivity index (χ1n) is 11.0. The summed E-state index contributed by atoms with van der Waals surface area (Å²) in [6.07, 6.45) is 4.67. The van der Waals surface area contributed by atoms with Crippen LogP contribution in [0.2, 0.25) is 5.02 Å². The van der Waals surface area contributed by atoms with E-state index in [9.17, 15) is 4.79 Å². The molecule has 1 aromatic heterocycles. The molecule has 166 valence electrons. The number of hydrogen-bond donors (Lipinski definition) is 1. The predicted molar refractivity (Wildman–Crippen MR) is 126 cm³/mol. The number of halogens is 1. The third-order valence-corrected chi connectivity index (χ3v) is 5.80. The molecule has 1 aliphatic rings. The monoisotopic (exact) mass is 450 g/mol. The van der Waals surface area contributed by atoms with Crippen LogP contribution in [0.4, 0.5) is 5.69 Å². The van der Waals surface area contributed by atoms with Crippen LogP contribution in [0.15, 0.2) is 59.1 Å². The number of aryl methyl sites for hydroxylation is 2. The van der Waals surface area contributed by atoms with Gasteiger partial charge < -0.3 is 9.84 Å². The van der Waals surface area contributed by atoms with Crippen molar-refractivity contribution < 1.29 is 9.32 Å². The van der Waals surface area contributed by atoms with Gasteiger partial charge in [0.2, 0.25) is 11.8 Å². The van der Waals surface area contributed by atoms with Gasteiger partial charge in [-0.25, -0.2) is 0 Å². The Kier molecular flexibility index (Phi) is 7.35. The van der Waals surface area contributed by atoms with Crippen LogP contribution in [-0.4, -0.2) is 34.0 Å². The quantitative estimate of drug-likeness (QED) is 0.514. The van der Waals surface area contributed by atoms with E-state index in [0.29, 0.717) is 24.6 Å². The van der Waals surface area contributed by atoms with Crippen molar-refractivity contribution in [2.24, 2.45) is 0 Å². The minimum atomic E-state index is -0.0623. The summed E-state index contributed by atoms with van der Waals surface area (Å²) in [6.45, 7) is 4.74. The first kappa shape index (κ1) is 22.2. The number of carbonyl (C=O) groups is 1. The molecule has 0 unspecified atom stereocenters. The van der Waals surface area contributed by atoms with Gasteiger partial charge >= 0.3 is 0 Å². The van der Waals surface area contributed by atoms with Gasteiger partial charge in [0.25, 0.3) is 0 Å². The van der Waals surface area contributed by atoms with Crippen molar-refractivity contribution in [3.8, 4) is 0 Å². The lowest BCUT2D eigenvalue weighted by Gasteiger charge is -2.25. The zero-order valence-corrected chi connectivity index (χ0v) is 18.9. The number of nitrogens with one attached hydrogen (secondary N) is 1. The molecule has 6 nitrogen and oxygen atoms in total. The molecule has 7 heteroatoms. The Balaban J connectivity index is 1.26. The molecule has 1 aliphatic heterocycles. The fraction of sp³-hybridized carbons (Fsp3) is 0.320. The molecule has 0 bridgehead atoms. The van der Waals surface area contributed by atoms with E-state index < -0.39 is 0 Å². The number of hydrogen-bond acceptors (Lipinski definition) is 5. The topological polar surface area (TPSA) is 71.3 Å². The zero-order valence-electron chi connectivity index (χ0n) is 18.2. The second kappa shape index (κ2) is 10.6. The smallest absolute Gasteiger partial charge is 0.227 e. The van der Waals surface area contributed by atoms with Crippen LogP contribution in [0.25, 0.3) is 5.57 Å². The van der Waals surface area contributed by atoms with E-state index in [0.717, 1.165) is 48.8 Å². The van der Waals surface area contributed by atoms with Gasteiger partial charge in [0.05, 0.1) is 0 Å². The highest BCUT2D eigenvalue weighted by Crippen LogP contribution is 2.22. The van der Waals surface area contributed by atoms with E-state index in [2.05, 4.69) is 45.5 Å². The molecule has 0 aliphatic carbocycles. The number of benzene rings is 2. The average molecular weight is 451 g/mol. The number of aromatic nitrogens is 2. The Bertz CT molecular complexity index is 1090. The number of amides is 1. The van der Waals surface area contributed by atoms with Crippen LogP contribution in [-0.2, 0) is 24.2 Å². The summed E-state index contributed by atoms with van der Waals surface area (Å²) in [5.74, 6) is 1.05. The van der Waals surface area contributed by atoms with Crippen LogP contribution >= 0.6 is 11.6 Å².